The fourth-order valence-corrected chi connectivity index (χ4v) is 3.85. The molecule has 2 heterocycles. The number of piperidine rings is 1. The lowest BCUT2D eigenvalue weighted by Crippen LogP contribution is -2.49. The Balaban J connectivity index is 1.73. The predicted molar refractivity (Wildman–Crippen MR) is 77.8 cm³/mol. The van der Waals surface area contributed by atoms with Crippen molar-refractivity contribution >= 4 is 0 Å². The maximum atomic E-state index is 10.6. The molecule has 19 heavy (non-hydrogen) atoms. The van der Waals surface area contributed by atoms with E-state index >= 15 is 0 Å². The summed E-state index contributed by atoms with van der Waals surface area (Å²) in [6.07, 6.45) is 8.24. The molecule has 3 rings (SSSR count). The molecule has 2 aliphatic rings. The van der Waals surface area contributed by atoms with Gasteiger partial charge < -0.3 is 5.11 Å². The van der Waals surface area contributed by atoms with E-state index < -0.39 is 5.60 Å². The van der Waals surface area contributed by atoms with Crippen molar-refractivity contribution in [3.8, 4) is 0 Å². The zero-order chi connectivity index (χ0) is 13.3. The summed E-state index contributed by atoms with van der Waals surface area (Å²) >= 11 is 0. The van der Waals surface area contributed by atoms with Crippen LogP contribution in [-0.2, 0) is 6.54 Å². The van der Waals surface area contributed by atoms with E-state index in [9.17, 15) is 5.11 Å². The predicted octanol–water partition coefficient (Wildman–Crippen LogP) is 3.12. The maximum Gasteiger partial charge on any atom is 0.0857 e. The summed E-state index contributed by atoms with van der Waals surface area (Å²) in [6.45, 7) is 3.03. The molecule has 2 atom stereocenters. The van der Waals surface area contributed by atoms with Crippen molar-refractivity contribution in [2.45, 2.75) is 56.8 Å². The Kier molecular flexibility index (Phi) is 3.46. The maximum absolute atomic E-state index is 10.6. The number of rotatable bonds is 3. The van der Waals surface area contributed by atoms with E-state index in [4.69, 9.17) is 0 Å². The number of allylic oxidation sites excluding steroid dienone is 1. The molecule has 2 heteroatoms. The normalized spacial score (nSPS) is 35.1. The Morgan fingerprint density at radius 2 is 1.84 bits per heavy atom. The largest absolute Gasteiger partial charge is 0.386 e. The summed E-state index contributed by atoms with van der Waals surface area (Å²) in [6, 6.07) is 11.8. The van der Waals surface area contributed by atoms with E-state index in [1.165, 1.54) is 18.4 Å². The van der Waals surface area contributed by atoms with Crippen LogP contribution in [0.3, 0.4) is 0 Å². The first-order chi connectivity index (χ1) is 9.20. The lowest BCUT2D eigenvalue weighted by molar-refractivity contribution is -0.0208. The Morgan fingerprint density at radius 1 is 1.21 bits per heavy atom. The molecule has 0 amide bonds. The first kappa shape index (κ1) is 12.9. The molecular formula is C17H23NO. The minimum Gasteiger partial charge on any atom is -0.386 e. The van der Waals surface area contributed by atoms with E-state index in [0.717, 1.165) is 19.4 Å². The molecule has 2 fully saturated rings. The second kappa shape index (κ2) is 5.10. The topological polar surface area (TPSA) is 23.5 Å². The lowest BCUT2D eigenvalue weighted by Gasteiger charge is -2.42. The lowest BCUT2D eigenvalue weighted by atomic mass is 9.85. The highest BCUT2D eigenvalue weighted by atomic mass is 16.3. The Bertz CT molecular complexity index is 440. The highest BCUT2D eigenvalue weighted by molar-refractivity contribution is 5.17. The molecule has 2 bridgehead atoms. The van der Waals surface area contributed by atoms with Gasteiger partial charge in [-0.1, -0.05) is 42.5 Å². The van der Waals surface area contributed by atoms with Crippen LogP contribution in [0.15, 0.2) is 42.5 Å². The third-order valence-corrected chi connectivity index (χ3v) is 4.63. The van der Waals surface area contributed by atoms with E-state index in [1.807, 2.05) is 19.1 Å². The average Bonchev–Trinajstić information content (AvgIpc) is 2.65. The number of fused-ring (bicyclic) bond motifs is 2. The van der Waals surface area contributed by atoms with Gasteiger partial charge in [0.2, 0.25) is 0 Å². The van der Waals surface area contributed by atoms with Crippen molar-refractivity contribution in [1.29, 1.82) is 0 Å². The van der Waals surface area contributed by atoms with Gasteiger partial charge in [-0.25, -0.2) is 0 Å². The van der Waals surface area contributed by atoms with Crippen LogP contribution in [0.2, 0.25) is 0 Å². The monoisotopic (exact) mass is 257 g/mol. The molecule has 102 valence electrons. The molecule has 2 unspecified atom stereocenters. The van der Waals surface area contributed by atoms with Crippen LogP contribution in [0.4, 0.5) is 0 Å². The molecule has 1 aromatic carbocycles. The van der Waals surface area contributed by atoms with Crippen LogP contribution in [0, 0.1) is 0 Å². The second-order valence-corrected chi connectivity index (χ2v) is 6.05. The fourth-order valence-electron chi connectivity index (χ4n) is 3.85. The van der Waals surface area contributed by atoms with Gasteiger partial charge in [-0.15, -0.1) is 0 Å². The van der Waals surface area contributed by atoms with Gasteiger partial charge in [0.25, 0.3) is 0 Å². The number of nitrogens with zero attached hydrogens (tertiary/aromatic N) is 1. The first-order valence-corrected chi connectivity index (χ1v) is 7.36. The van der Waals surface area contributed by atoms with Crippen molar-refractivity contribution < 1.29 is 5.11 Å². The standard InChI is InChI=1S/C17H23NO/c1-2-10-17(19)11-15-8-9-16(12-17)18(15)13-14-6-4-3-5-7-14/h2-7,10,15-16,19H,8-9,11-13H2,1H3/b10-2-. The fraction of sp³-hybridized carbons (Fsp3) is 0.529. The van der Waals surface area contributed by atoms with Crippen molar-refractivity contribution in [2.75, 3.05) is 0 Å². The van der Waals surface area contributed by atoms with E-state index in [-0.39, 0.29) is 0 Å². The van der Waals surface area contributed by atoms with Crippen molar-refractivity contribution in [1.82, 2.24) is 4.90 Å². The van der Waals surface area contributed by atoms with Gasteiger partial charge in [0.1, 0.15) is 0 Å². The summed E-state index contributed by atoms with van der Waals surface area (Å²) in [7, 11) is 0. The van der Waals surface area contributed by atoms with Crippen molar-refractivity contribution in [3.63, 3.8) is 0 Å². The Hall–Kier alpha value is -1.12. The Labute approximate surface area is 115 Å². The summed E-state index contributed by atoms with van der Waals surface area (Å²) in [5.41, 5.74) is 0.823. The van der Waals surface area contributed by atoms with Crippen LogP contribution >= 0.6 is 0 Å². The quantitative estimate of drug-likeness (QED) is 0.841. The molecule has 0 spiro atoms. The van der Waals surface area contributed by atoms with Gasteiger partial charge in [0.15, 0.2) is 0 Å². The van der Waals surface area contributed by atoms with Crippen LogP contribution in [-0.4, -0.2) is 27.7 Å². The zero-order valence-electron chi connectivity index (χ0n) is 11.6. The summed E-state index contributed by atoms with van der Waals surface area (Å²) < 4.78 is 0. The second-order valence-electron chi connectivity index (χ2n) is 6.05. The van der Waals surface area contributed by atoms with Crippen molar-refractivity contribution in [2.24, 2.45) is 0 Å². The molecule has 0 saturated carbocycles. The van der Waals surface area contributed by atoms with Crippen LogP contribution in [0.1, 0.15) is 38.2 Å². The number of hydrogen-bond donors (Lipinski definition) is 1. The molecule has 0 radical (unpaired) electrons. The SMILES string of the molecule is C/C=C\C1(O)CC2CCC(C1)N2Cc1ccccc1. The Morgan fingerprint density at radius 3 is 2.42 bits per heavy atom. The van der Waals surface area contributed by atoms with Gasteiger partial charge in [-0.3, -0.25) is 4.90 Å². The van der Waals surface area contributed by atoms with Gasteiger partial charge in [0.05, 0.1) is 5.60 Å². The van der Waals surface area contributed by atoms with E-state index in [1.54, 1.807) is 0 Å². The number of benzene rings is 1. The van der Waals surface area contributed by atoms with Gasteiger partial charge in [0, 0.05) is 18.6 Å². The highest BCUT2D eigenvalue weighted by Gasteiger charge is 2.45. The smallest absolute Gasteiger partial charge is 0.0857 e. The van der Waals surface area contributed by atoms with Crippen molar-refractivity contribution in [3.05, 3.63) is 48.0 Å². The highest BCUT2D eigenvalue weighted by Crippen LogP contribution is 2.42. The molecule has 2 aliphatic heterocycles. The first-order valence-electron chi connectivity index (χ1n) is 7.36. The third kappa shape index (κ3) is 2.60. The van der Waals surface area contributed by atoms with E-state index in [0.29, 0.717) is 12.1 Å². The molecular weight excluding hydrogens is 234 g/mol. The molecule has 0 aliphatic carbocycles. The van der Waals surface area contributed by atoms with E-state index in [2.05, 4.69) is 35.2 Å². The molecule has 2 nitrogen and oxygen atoms in total. The number of aliphatic hydroxyl groups is 1. The van der Waals surface area contributed by atoms with Crippen LogP contribution in [0.25, 0.3) is 0 Å². The molecule has 1 aromatic rings. The van der Waals surface area contributed by atoms with Crippen LogP contribution < -0.4 is 0 Å². The van der Waals surface area contributed by atoms with Gasteiger partial charge >= 0.3 is 0 Å². The third-order valence-electron chi connectivity index (χ3n) is 4.63. The van der Waals surface area contributed by atoms with Gasteiger partial charge in [-0.05, 0) is 38.2 Å². The summed E-state index contributed by atoms with van der Waals surface area (Å²) in [4.78, 5) is 2.60. The molecule has 2 saturated heterocycles. The van der Waals surface area contributed by atoms with Gasteiger partial charge in [-0.2, -0.15) is 0 Å². The molecule has 0 aromatic heterocycles. The summed E-state index contributed by atoms with van der Waals surface area (Å²) in [5, 5.41) is 10.6. The summed E-state index contributed by atoms with van der Waals surface area (Å²) in [5.74, 6) is 0. The zero-order valence-corrected chi connectivity index (χ0v) is 11.6. The minimum atomic E-state index is -0.562. The number of hydrogen-bond acceptors (Lipinski definition) is 2. The molecule has 1 N–H and O–H groups in total. The van der Waals surface area contributed by atoms with Crippen LogP contribution in [0.5, 0.6) is 0 Å². The average molecular weight is 257 g/mol. The minimum absolute atomic E-state index is 0.542.